The van der Waals surface area contributed by atoms with Crippen LogP contribution in [0.1, 0.15) is 62.2 Å². The standard InChI is InChI=1S/C25H33ClN4O6/c1-14(28-22(32)16-8-9-18(27)17(26)11-16)24(34)30-10-4-7-20(30)23(33)29-19-12-21(31)36-25(19)35-13-15-5-2-3-6-15/h8-9,11,14-15,19-20,25H,2-7,10,12-13,27H2,1H3,(H,28,32)(H,29,33). The molecule has 1 aromatic rings. The second kappa shape index (κ2) is 11.5. The van der Waals surface area contributed by atoms with E-state index in [9.17, 15) is 19.2 Å². The number of nitrogens with zero attached hydrogens (tertiary/aromatic N) is 1. The average molecular weight is 521 g/mol. The van der Waals surface area contributed by atoms with Crippen molar-refractivity contribution in [3.8, 4) is 0 Å². The van der Waals surface area contributed by atoms with Gasteiger partial charge in [0.2, 0.25) is 18.1 Å². The van der Waals surface area contributed by atoms with Crippen molar-refractivity contribution in [1.82, 2.24) is 15.5 Å². The molecule has 1 aliphatic carbocycles. The number of benzene rings is 1. The second-order valence-corrected chi connectivity index (χ2v) is 10.2. The van der Waals surface area contributed by atoms with Crippen LogP contribution >= 0.6 is 11.6 Å². The fourth-order valence-electron chi connectivity index (χ4n) is 5.05. The molecule has 2 heterocycles. The molecule has 2 aliphatic heterocycles. The van der Waals surface area contributed by atoms with Crippen LogP contribution in [0.4, 0.5) is 5.69 Å². The number of likely N-dealkylation sites (tertiary alicyclic amines) is 1. The zero-order valence-corrected chi connectivity index (χ0v) is 21.1. The number of hydrogen-bond donors (Lipinski definition) is 3. The summed E-state index contributed by atoms with van der Waals surface area (Å²) in [6, 6.07) is 2.32. The van der Waals surface area contributed by atoms with E-state index in [-0.39, 0.29) is 28.8 Å². The summed E-state index contributed by atoms with van der Waals surface area (Å²) in [5, 5.41) is 5.77. The Hall–Kier alpha value is -2.85. The third kappa shape index (κ3) is 6.10. The lowest BCUT2D eigenvalue weighted by molar-refractivity contribution is -0.168. The molecule has 1 aromatic carbocycles. The molecule has 0 aromatic heterocycles. The van der Waals surface area contributed by atoms with Gasteiger partial charge in [0.15, 0.2) is 0 Å². The molecule has 3 aliphatic rings. The van der Waals surface area contributed by atoms with Crippen molar-refractivity contribution in [1.29, 1.82) is 0 Å². The molecule has 0 bridgehead atoms. The first-order valence-corrected chi connectivity index (χ1v) is 12.9. The number of halogens is 1. The molecule has 196 valence electrons. The zero-order valence-electron chi connectivity index (χ0n) is 20.3. The topological polar surface area (TPSA) is 140 Å². The minimum atomic E-state index is -0.860. The van der Waals surface area contributed by atoms with Crippen LogP contribution in [0.5, 0.6) is 0 Å². The molecule has 4 rings (SSSR count). The highest BCUT2D eigenvalue weighted by atomic mass is 35.5. The van der Waals surface area contributed by atoms with Crippen molar-refractivity contribution in [2.75, 3.05) is 18.9 Å². The van der Waals surface area contributed by atoms with Gasteiger partial charge >= 0.3 is 5.97 Å². The van der Waals surface area contributed by atoms with Crippen LogP contribution < -0.4 is 16.4 Å². The highest BCUT2D eigenvalue weighted by Gasteiger charge is 2.41. The Kier molecular flexibility index (Phi) is 8.35. The van der Waals surface area contributed by atoms with Gasteiger partial charge in [-0.15, -0.1) is 0 Å². The lowest BCUT2D eigenvalue weighted by Crippen LogP contribution is -2.54. The van der Waals surface area contributed by atoms with E-state index in [2.05, 4.69) is 10.6 Å². The predicted octanol–water partition coefficient (Wildman–Crippen LogP) is 2.00. The molecule has 10 nitrogen and oxygen atoms in total. The number of ether oxygens (including phenoxy) is 2. The number of cyclic esters (lactones) is 1. The molecular weight excluding hydrogens is 488 g/mol. The van der Waals surface area contributed by atoms with Crippen LogP contribution in [0.2, 0.25) is 5.02 Å². The Labute approximate surface area is 215 Å². The van der Waals surface area contributed by atoms with Gasteiger partial charge in [0.05, 0.1) is 23.7 Å². The monoisotopic (exact) mass is 520 g/mol. The molecule has 4 N–H and O–H groups in total. The maximum atomic E-state index is 13.1. The summed E-state index contributed by atoms with van der Waals surface area (Å²) in [7, 11) is 0. The van der Waals surface area contributed by atoms with Gasteiger partial charge in [0.1, 0.15) is 18.1 Å². The number of nitrogens with two attached hydrogens (primary N) is 1. The van der Waals surface area contributed by atoms with Crippen molar-refractivity contribution in [3.05, 3.63) is 28.8 Å². The Bertz CT molecular complexity index is 1010. The van der Waals surface area contributed by atoms with Gasteiger partial charge in [-0.25, -0.2) is 0 Å². The fourth-order valence-corrected chi connectivity index (χ4v) is 5.23. The van der Waals surface area contributed by atoms with Crippen LogP contribution in [0.3, 0.4) is 0 Å². The Morgan fingerprint density at radius 2 is 1.97 bits per heavy atom. The molecule has 11 heteroatoms. The van der Waals surface area contributed by atoms with Gasteiger partial charge in [-0.1, -0.05) is 24.4 Å². The van der Waals surface area contributed by atoms with Crippen molar-refractivity contribution in [2.24, 2.45) is 5.92 Å². The summed E-state index contributed by atoms with van der Waals surface area (Å²) in [5.41, 5.74) is 6.32. The Morgan fingerprint density at radius 3 is 2.69 bits per heavy atom. The number of amides is 3. The summed E-state index contributed by atoms with van der Waals surface area (Å²) < 4.78 is 11.1. The first-order valence-electron chi connectivity index (χ1n) is 12.5. The minimum Gasteiger partial charge on any atom is -0.433 e. The average Bonchev–Trinajstić information content (AvgIpc) is 3.60. The smallest absolute Gasteiger partial charge is 0.310 e. The number of rotatable bonds is 8. The first-order chi connectivity index (χ1) is 17.2. The summed E-state index contributed by atoms with van der Waals surface area (Å²) >= 11 is 5.99. The number of nitrogen functional groups attached to an aromatic ring is 1. The van der Waals surface area contributed by atoms with Crippen molar-refractivity contribution < 1.29 is 28.7 Å². The van der Waals surface area contributed by atoms with Crippen molar-refractivity contribution >= 4 is 41.0 Å². The van der Waals surface area contributed by atoms with Crippen LogP contribution in [0.25, 0.3) is 0 Å². The molecule has 3 amide bonds. The minimum absolute atomic E-state index is 0.0261. The van der Waals surface area contributed by atoms with E-state index in [4.69, 9.17) is 26.8 Å². The summed E-state index contributed by atoms with van der Waals surface area (Å²) in [4.78, 5) is 52.2. The molecule has 3 fully saturated rings. The Balaban J connectivity index is 1.33. The maximum Gasteiger partial charge on any atom is 0.310 e. The van der Waals surface area contributed by atoms with Gasteiger partial charge in [0, 0.05) is 12.1 Å². The van der Waals surface area contributed by atoms with E-state index in [1.807, 2.05) is 0 Å². The predicted molar refractivity (Wildman–Crippen MR) is 132 cm³/mol. The van der Waals surface area contributed by atoms with Crippen molar-refractivity contribution in [3.63, 3.8) is 0 Å². The molecule has 36 heavy (non-hydrogen) atoms. The van der Waals surface area contributed by atoms with E-state index in [0.717, 1.165) is 12.8 Å². The zero-order chi connectivity index (χ0) is 25.8. The van der Waals surface area contributed by atoms with Gasteiger partial charge in [0.25, 0.3) is 5.91 Å². The van der Waals surface area contributed by atoms with Gasteiger partial charge < -0.3 is 30.7 Å². The van der Waals surface area contributed by atoms with Crippen LogP contribution in [0.15, 0.2) is 18.2 Å². The van der Waals surface area contributed by atoms with Gasteiger partial charge in [-0.3, -0.25) is 19.2 Å². The highest BCUT2D eigenvalue weighted by Crippen LogP contribution is 2.27. The van der Waals surface area contributed by atoms with Gasteiger partial charge in [-0.05, 0) is 56.7 Å². The maximum absolute atomic E-state index is 13.1. The molecular formula is C25H33ClN4O6. The number of carbonyl (C=O) groups is 4. The summed E-state index contributed by atoms with van der Waals surface area (Å²) in [6.07, 6.45) is 4.89. The largest absolute Gasteiger partial charge is 0.433 e. The molecule has 4 unspecified atom stereocenters. The summed E-state index contributed by atoms with van der Waals surface area (Å²) in [6.45, 7) is 2.46. The van der Waals surface area contributed by atoms with Crippen molar-refractivity contribution in [2.45, 2.75) is 76.3 Å². The number of esters is 1. The quantitative estimate of drug-likeness (QED) is 0.351. The van der Waals surface area contributed by atoms with Gasteiger partial charge in [-0.2, -0.15) is 0 Å². The third-order valence-corrected chi connectivity index (χ3v) is 7.41. The number of anilines is 1. The van der Waals surface area contributed by atoms with Crippen LogP contribution in [-0.4, -0.2) is 66.2 Å². The Morgan fingerprint density at radius 1 is 1.22 bits per heavy atom. The van der Waals surface area contributed by atoms with E-state index in [1.165, 1.54) is 35.9 Å². The third-order valence-electron chi connectivity index (χ3n) is 7.08. The van der Waals surface area contributed by atoms with E-state index in [0.29, 0.717) is 37.6 Å². The molecule has 1 saturated carbocycles. The summed E-state index contributed by atoms with van der Waals surface area (Å²) in [5.74, 6) is -1.17. The number of hydrogen-bond acceptors (Lipinski definition) is 7. The van der Waals surface area contributed by atoms with E-state index >= 15 is 0 Å². The molecule has 4 atom stereocenters. The van der Waals surface area contributed by atoms with Crippen LogP contribution in [0, 0.1) is 5.92 Å². The van der Waals surface area contributed by atoms with E-state index in [1.54, 1.807) is 6.92 Å². The first kappa shape index (κ1) is 26.2. The number of nitrogens with one attached hydrogen (secondary N) is 2. The van der Waals surface area contributed by atoms with E-state index < -0.39 is 36.3 Å². The fraction of sp³-hybridized carbons (Fsp3) is 0.600. The second-order valence-electron chi connectivity index (χ2n) is 9.78. The number of carbonyl (C=O) groups excluding carboxylic acids is 4. The lowest BCUT2D eigenvalue weighted by Gasteiger charge is -2.28. The lowest BCUT2D eigenvalue weighted by atomic mass is 10.1. The SMILES string of the molecule is CC(NC(=O)c1ccc(N)c(Cl)c1)C(=O)N1CCCC1C(=O)NC1CC(=O)OC1OCC1CCCC1. The highest BCUT2D eigenvalue weighted by molar-refractivity contribution is 6.33. The molecule has 2 saturated heterocycles. The normalized spacial score (nSPS) is 25.0. The molecule has 0 radical (unpaired) electrons. The van der Waals surface area contributed by atoms with Crippen LogP contribution in [-0.2, 0) is 23.9 Å². The molecule has 0 spiro atoms.